The van der Waals surface area contributed by atoms with Crippen molar-refractivity contribution < 1.29 is 44.3 Å². The number of hydrogen-bond acceptors (Lipinski definition) is 5. The van der Waals surface area contributed by atoms with Gasteiger partial charge in [-0.05, 0) is 26.7 Å². The molecule has 0 spiro atoms. The van der Waals surface area contributed by atoms with Crippen molar-refractivity contribution in [3.05, 3.63) is 0 Å². The summed E-state index contributed by atoms with van der Waals surface area (Å²) >= 11 is 1.51. The second-order valence-corrected chi connectivity index (χ2v) is 8.86. The Morgan fingerprint density at radius 1 is 1.25 bits per heavy atom. The van der Waals surface area contributed by atoms with E-state index < -0.39 is 22.8 Å². The van der Waals surface area contributed by atoms with Crippen LogP contribution in [0.4, 0.5) is 0 Å². The Bertz CT molecular complexity index is 521. The molecule has 0 bridgehead atoms. The van der Waals surface area contributed by atoms with Crippen LogP contribution in [0.3, 0.4) is 0 Å². The third kappa shape index (κ3) is 3.79. The molecule has 24 heavy (non-hydrogen) atoms. The molecule has 128 valence electrons. The average molecular weight is 361 g/mol. The number of amides is 1. The van der Waals surface area contributed by atoms with Gasteiger partial charge in [-0.15, -0.1) is 11.8 Å². The Balaban J connectivity index is 0.00000208. The summed E-state index contributed by atoms with van der Waals surface area (Å²) in [6.07, 6.45) is 7.94. The molecule has 0 saturated carbocycles. The number of hydrogen-bond donors (Lipinski definition) is 0. The van der Waals surface area contributed by atoms with Gasteiger partial charge in [-0.2, -0.15) is 0 Å². The molecule has 3 aliphatic heterocycles. The Morgan fingerprint density at radius 2 is 1.83 bits per heavy atom. The van der Waals surface area contributed by atoms with Crippen molar-refractivity contribution in [1.82, 2.24) is 9.80 Å². The van der Waals surface area contributed by atoms with Crippen LogP contribution >= 0.6 is 11.8 Å². The molecule has 0 aromatic carbocycles. The van der Waals surface area contributed by atoms with Crippen LogP contribution in [0, 0.1) is 0 Å². The summed E-state index contributed by atoms with van der Waals surface area (Å²) in [6, 6.07) is -1.31. The zero-order chi connectivity index (χ0) is 16.6. The van der Waals surface area contributed by atoms with Gasteiger partial charge in [-0.1, -0.05) is 19.3 Å². The van der Waals surface area contributed by atoms with Crippen molar-refractivity contribution in [2.45, 2.75) is 68.2 Å². The maximum absolute atomic E-state index is 12.3. The number of carboxylic acids is 1. The number of carbonyl (C=O) groups is 2. The van der Waals surface area contributed by atoms with Gasteiger partial charge < -0.3 is 19.7 Å². The van der Waals surface area contributed by atoms with Crippen molar-refractivity contribution in [2.75, 3.05) is 13.1 Å². The van der Waals surface area contributed by atoms with Crippen molar-refractivity contribution in [2.24, 2.45) is 4.99 Å². The minimum Gasteiger partial charge on any atom is -0.548 e. The number of fused-ring (bicyclic) bond motifs is 1. The topological polar surface area (TPSA) is 76.0 Å². The van der Waals surface area contributed by atoms with Gasteiger partial charge in [0.05, 0.1) is 18.3 Å². The summed E-state index contributed by atoms with van der Waals surface area (Å²) in [6.45, 7) is 5.67. The van der Waals surface area contributed by atoms with Gasteiger partial charge in [0.1, 0.15) is 5.37 Å². The fourth-order valence-electron chi connectivity index (χ4n) is 3.66. The molecule has 0 unspecified atom stereocenters. The van der Waals surface area contributed by atoms with Crippen LogP contribution in [0.5, 0.6) is 0 Å². The zero-order valence-corrected chi connectivity index (χ0v) is 17.6. The normalized spacial score (nSPS) is 32.6. The van der Waals surface area contributed by atoms with E-state index in [9.17, 15) is 14.7 Å². The number of β-lactam (4-membered cyclic amide) rings is 1. The molecule has 8 heteroatoms. The van der Waals surface area contributed by atoms with Crippen LogP contribution in [-0.2, 0) is 9.59 Å². The summed E-state index contributed by atoms with van der Waals surface area (Å²) in [7, 11) is 0. The number of carboxylic acid groups (broad SMARTS) is 1. The second kappa shape index (κ2) is 7.98. The number of thioether (sulfide) groups is 1. The van der Waals surface area contributed by atoms with E-state index in [0.29, 0.717) is 0 Å². The molecule has 3 saturated heterocycles. The number of rotatable bonds is 3. The Morgan fingerprint density at radius 3 is 2.42 bits per heavy atom. The minimum absolute atomic E-state index is 0. The third-order valence-electron chi connectivity index (χ3n) is 4.92. The molecule has 0 radical (unpaired) electrons. The molecule has 3 aliphatic rings. The molecule has 6 nitrogen and oxygen atoms in total. The van der Waals surface area contributed by atoms with Crippen molar-refractivity contribution in [1.29, 1.82) is 0 Å². The molecular weight excluding hydrogens is 337 g/mol. The Labute approximate surface area is 169 Å². The molecule has 0 aromatic rings. The van der Waals surface area contributed by atoms with Crippen LogP contribution in [0.25, 0.3) is 0 Å². The van der Waals surface area contributed by atoms with Crippen molar-refractivity contribution in [3.63, 3.8) is 0 Å². The van der Waals surface area contributed by atoms with E-state index in [0.717, 1.165) is 25.9 Å². The van der Waals surface area contributed by atoms with Gasteiger partial charge >= 0.3 is 29.6 Å². The number of carbonyl (C=O) groups excluding carboxylic acids is 2. The third-order valence-corrected chi connectivity index (χ3v) is 6.47. The van der Waals surface area contributed by atoms with E-state index >= 15 is 0 Å². The van der Waals surface area contributed by atoms with Crippen LogP contribution in [0.1, 0.15) is 46.0 Å². The van der Waals surface area contributed by atoms with E-state index in [1.54, 1.807) is 0 Å². The van der Waals surface area contributed by atoms with Crippen LogP contribution < -0.4 is 34.7 Å². The summed E-state index contributed by atoms with van der Waals surface area (Å²) < 4.78 is -0.538. The molecule has 1 amide bonds. The number of aliphatic carboxylic acids is 1. The van der Waals surface area contributed by atoms with E-state index in [2.05, 4.69) is 9.89 Å². The number of likely N-dealkylation sites (tertiary alicyclic amines) is 1. The molecule has 0 N–H and O–H groups in total. The number of nitrogens with zero attached hydrogens (tertiary/aromatic N) is 3. The van der Waals surface area contributed by atoms with Crippen molar-refractivity contribution >= 4 is 30.0 Å². The van der Waals surface area contributed by atoms with E-state index in [-0.39, 0.29) is 40.8 Å². The first kappa shape index (κ1) is 20.1. The first-order valence-corrected chi connectivity index (χ1v) is 9.28. The monoisotopic (exact) mass is 361 g/mol. The smallest absolute Gasteiger partial charge is 0.548 e. The molecular formula is C16H24N3NaO3S. The zero-order valence-electron chi connectivity index (χ0n) is 14.7. The van der Waals surface area contributed by atoms with Gasteiger partial charge in [0.25, 0.3) is 5.91 Å². The average Bonchev–Trinajstić information content (AvgIpc) is 2.69. The molecule has 3 atom stereocenters. The quantitative estimate of drug-likeness (QED) is 0.240. The minimum atomic E-state index is -1.18. The predicted octanol–water partition coefficient (Wildman–Crippen LogP) is -2.53. The van der Waals surface area contributed by atoms with Crippen LogP contribution in [0.15, 0.2) is 4.99 Å². The largest absolute Gasteiger partial charge is 1.00 e. The predicted molar refractivity (Wildman–Crippen MR) is 88.0 cm³/mol. The SMILES string of the molecule is CC1(C)S[C@@H]2[C@H](N=CN3CCCCCCC3)C(=O)N2[C@H]1C(=O)[O-].[Na+]. The van der Waals surface area contributed by atoms with E-state index in [4.69, 9.17) is 0 Å². The molecule has 3 rings (SSSR count). The summed E-state index contributed by atoms with van der Waals surface area (Å²) in [4.78, 5) is 31.8. The Kier molecular flexibility index (Phi) is 6.67. The number of aliphatic imine (C=N–C) groups is 1. The fraction of sp³-hybridized carbons (Fsp3) is 0.812. The van der Waals surface area contributed by atoms with E-state index in [1.807, 2.05) is 20.2 Å². The van der Waals surface area contributed by atoms with Crippen LogP contribution in [0.2, 0.25) is 0 Å². The summed E-state index contributed by atoms with van der Waals surface area (Å²) in [5, 5.41) is 11.2. The summed E-state index contributed by atoms with van der Waals surface area (Å²) in [5.41, 5.74) is 0. The van der Waals surface area contributed by atoms with Gasteiger partial charge in [0, 0.05) is 17.8 Å². The Hall–Kier alpha value is -0.240. The molecule has 3 fully saturated rings. The summed E-state index contributed by atoms with van der Waals surface area (Å²) in [5.74, 6) is -1.37. The molecule has 0 aromatic heterocycles. The standard InChI is InChI=1S/C16H25N3O3S.Na/c1-16(2)12(15(21)22)19-13(20)11(14(19)23-16)17-10-18-8-6-4-3-5-7-9-18;/h10-12,14H,3-9H2,1-2H3,(H,21,22);/q;+1/p-1/t11-,12+,14-;/m1./s1. The van der Waals surface area contributed by atoms with Gasteiger partial charge in [-0.3, -0.25) is 9.79 Å². The van der Waals surface area contributed by atoms with Crippen molar-refractivity contribution in [3.8, 4) is 0 Å². The van der Waals surface area contributed by atoms with Gasteiger partial charge in [-0.25, -0.2) is 0 Å². The molecule has 0 aliphatic carbocycles. The first-order chi connectivity index (χ1) is 10.9. The maximum atomic E-state index is 12.3. The second-order valence-electron chi connectivity index (χ2n) is 7.09. The fourth-order valence-corrected chi connectivity index (χ4v) is 5.28. The maximum Gasteiger partial charge on any atom is 1.00 e. The first-order valence-electron chi connectivity index (χ1n) is 8.40. The van der Waals surface area contributed by atoms with E-state index in [1.165, 1.54) is 35.9 Å². The van der Waals surface area contributed by atoms with Crippen LogP contribution in [-0.4, -0.2) is 63.3 Å². The van der Waals surface area contributed by atoms with Gasteiger partial charge in [0.2, 0.25) is 0 Å². The molecule has 3 heterocycles. The van der Waals surface area contributed by atoms with Gasteiger partial charge in [0.15, 0.2) is 6.04 Å².